The van der Waals surface area contributed by atoms with Gasteiger partial charge in [0.15, 0.2) is 6.61 Å². The lowest BCUT2D eigenvalue weighted by Gasteiger charge is -2.33. The number of hydrazine groups is 1. The number of ether oxygens (including phenoxy) is 1. The Bertz CT molecular complexity index is 833. The Balaban J connectivity index is 1.58. The Hall–Kier alpha value is -2.90. The molecule has 2 fully saturated rings. The van der Waals surface area contributed by atoms with Crippen LogP contribution in [0.4, 0.5) is 4.79 Å². The zero-order chi connectivity index (χ0) is 22.6. The van der Waals surface area contributed by atoms with E-state index in [1.165, 1.54) is 0 Å². The number of rotatable bonds is 7. The molecule has 4 amide bonds. The molecule has 1 aliphatic carbocycles. The van der Waals surface area contributed by atoms with Gasteiger partial charge in [0.05, 0.1) is 5.92 Å². The van der Waals surface area contributed by atoms with Crippen molar-refractivity contribution in [3.05, 3.63) is 35.9 Å². The molecule has 31 heavy (non-hydrogen) atoms. The maximum Gasteiger partial charge on any atom is 0.344 e. The largest absolute Gasteiger partial charge is 0.455 e. The van der Waals surface area contributed by atoms with E-state index in [4.69, 9.17) is 4.74 Å². The fourth-order valence-corrected chi connectivity index (χ4v) is 4.29. The summed E-state index contributed by atoms with van der Waals surface area (Å²) in [5, 5.41) is 3.45. The quantitative estimate of drug-likeness (QED) is 0.512. The number of carbonyl (C=O) groups is 4. The summed E-state index contributed by atoms with van der Waals surface area (Å²) < 4.78 is 5.25. The van der Waals surface area contributed by atoms with Gasteiger partial charge < -0.3 is 10.1 Å². The molecule has 0 unspecified atom stereocenters. The molecule has 1 saturated heterocycles. The first-order valence-electron chi connectivity index (χ1n) is 10.9. The monoisotopic (exact) mass is 429 g/mol. The van der Waals surface area contributed by atoms with Crippen LogP contribution in [0.15, 0.2) is 30.3 Å². The Morgan fingerprint density at radius 2 is 1.87 bits per heavy atom. The Morgan fingerprint density at radius 3 is 2.48 bits per heavy atom. The second kappa shape index (κ2) is 9.49. The van der Waals surface area contributed by atoms with Crippen LogP contribution in [0, 0.1) is 11.8 Å². The van der Waals surface area contributed by atoms with Gasteiger partial charge in [-0.25, -0.2) is 4.79 Å². The molecule has 1 aliphatic heterocycles. The second-order valence-electron chi connectivity index (χ2n) is 8.75. The van der Waals surface area contributed by atoms with Gasteiger partial charge in [0.1, 0.15) is 5.54 Å². The van der Waals surface area contributed by atoms with Gasteiger partial charge in [-0.15, -0.1) is 0 Å². The van der Waals surface area contributed by atoms with Crippen molar-refractivity contribution in [1.29, 1.82) is 0 Å². The summed E-state index contributed by atoms with van der Waals surface area (Å²) in [7, 11) is 0. The first-order chi connectivity index (χ1) is 14.8. The van der Waals surface area contributed by atoms with Crippen LogP contribution < -0.4 is 10.7 Å². The van der Waals surface area contributed by atoms with Crippen LogP contribution in [0.1, 0.15) is 64.4 Å². The zero-order valence-electron chi connectivity index (χ0n) is 18.3. The van der Waals surface area contributed by atoms with E-state index >= 15 is 0 Å². The van der Waals surface area contributed by atoms with E-state index in [2.05, 4.69) is 17.7 Å². The molecule has 1 aromatic carbocycles. The number of amides is 4. The number of nitrogens with one attached hydrogen (secondary N) is 2. The van der Waals surface area contributed by atoms with Crippen LogP contribution in [0.3, 0.4) is 0 Å². The molecule has 1 spiro atoms. The molecule has 0 aromatic heterocycles. The molecule has 2 aliphatic rings. The molecule has 8 nitrogen and oxygen atoms in total. The van der Waals surface area contributed by atoms with Crippen molar-refractivity contribution in [1.82, 2.24) is 15.8 Å². The number of nitrogens with zero attached hydrogens (tertiary/aromatic N) is 1. The highest BCUT2D eigenvalue weighted by atomic mass is 16.5. The van der Waals surface area contributed by atoms with Crippen LogP contribution in [-0.4, -0.2) is 41.0 Å². The van der Waals surface area contributed by atoms with Gasteiger partial charge in [-0.3, -0.25) is 19.8 Å². The molecule has 0 radical (unpaired) electrons. The van der Waals surface area contributed by atoms with E-state index < -0.39 is 41.9 Å². The van der Waals surface area contributed by atoms with Crippen LogP contribution in [-0.2, 0) is 19.1 Å². The Labute approximate surface area is 182 Å². The minimum Gasteiger partial charge on any atom is -0.455 e. The summed E-state index contributed by atoms with van der Waals surface area (Å²) in [6.07, 6.45) is 3.54. The van der Waals surface area contributed by atoms with Crippen molar-refractivity contribution in [2.24, 2.45) is 11.8 Å². The molecular weight excluding hydrogens is 398 g/mol. The summed E-state index contributed by atoms with van der Waals surface area (Å²) in [6.45, 7) is 5.49. The van der Waals surface area contributed by atoms with Crippen molar-refractivity contribution >= 4 is 23.8 Å². The molecule has 2 atom stereocenters. The molecule has 0 bridgehead atoms. The first-order valence-corrected chi connectivity index (χ1v) is 10.9. The van der Waals surface area contributed by atoms with E-state index in [0.29, 0.717) is 18.8 Å². The van der Waals surface area contributed by atoms with E-state index in [1.807, 2.05) is 44.2 Å². The van der Waals surface area contributed by atoms with Crippen molar-refractivity contribution in [3.63, 3.8) is 0 Å². The third-order valence-electron chi connectivity index (χ3n) is 6.50. The van der Waals surface area contributed by atoms with Gasteiger partial charge in [0.25, 0.3) is 11.8 Å². The lowest BCUT2D eigenvalue weighted by atomic mass is 9.77. The van der Waals surface area contributed by atoms with Gasteiger partial charge in [-0.2, -0.15) is 5.01 Å². The van der Waals surface area contributed by atoms with Crippen LogP contribution in [0.25, 0.3) is 0 Å². The Morgan fingerprint density at radius 1 is 1.23 bits per heavy atom. The molecule has 168 valence electrons. The minimum atomic E-state index is -0.942. The maximum absolute atomic E-state index is 12.8. The van der Waals surface area contributed by atoms with Crippen molar-refractivity contribution in [2.75, 3.05) is 6.61 Å². The highest BCUT2D eigenvalue weighted by molar-refractivity contribution is 6.08. The van der Waals surface area contributed by atoms with Gasteiger partial charge in [-0.05, 0) is 43.1 Å². The second-order valence-corrected chi connectivity index (χ2v) is 8.75. The first kappa shape index (κ1) is 22.8. The molecule has 3 rings (SSSR count). The van der Waals surface area contributed by atoms with E-state index in [9.17, 15) is 19.2 Å². The lowest BCUT2D eigenvalue weighted by Crippen LogP contribution is -2.52. The Kier molecular flexibility index (Phi) is 6.97. The summed E-state index contributed by atoms with van der Waals surface area (Å²) in [6, 6.07) is 8.63. The van der Waals surface area contributed by atoms with Crippen LogP contribution >= 0.6 is 0 Å². The van der Waals surface area contributed by atoms with Gasteiger partial charge in [0, 0.05) is 0 Å². The number of hydrogen-bond donors (Lipinski definition) is 2. The van der Waals surface area contributed by atoms with Crippen molar-refractivity contribution in [2.45, 2.75) is 64.3 Å². The average Bonchev–Trinajstić information content (AvgIpc) is 2.99. The fourth-order valence-electron chi connectivity index (χ4n) is 4.29. The maximum atomic E-state index is 12.8. The molecule has 1 heterocycles. The molecule has 8 heteroatoms. The highest BCUT2D eigenvalue weighted by Gasteiger charge is 2.52. The number of carbonyl (C=O) groups excluding carboxylic acids is 4. The minimum absolute atomic E-state index is 0.0254. The summed E-state index contributed by atoms with van der Waals surface area (Å²) in [5.41, 5.74) is 2.18. The summed E-state index contributed by atoms with van der Waals surface area (Å²) >= 11 is 0. The van der Waals surface area contributed by atoms with E-state index in [1.54, 1.807) is 0 Å². The zero-order valence-corrected chi connectivity index (χ0v) is 18.3. The predicted octanol–water partition coefficient (Wildman–Crippen LogP) is 2.89. The highest BCUT2D eigenvalue weighted by Crippen LogP contribution is 2.35. The molecule has 2 N–H and O–H groups in total. The van der Waals surface area contributed by atoms with Gasteiger partial charge in [-0.1, -0.05) is 57.5 Å². The standard InChI is InChI=1S/C23H31N3O5/c1-4-16(3)19(17-8-6-5-7-9-17)20(28)31-14-18(27)25-26-21(29)23(24-22(26)30)12-10-15(2)11-13-23/h5-9,15-16,19H,4,10-14H2,1-3H3,(H,24,30)(H,25,27)/t15?,16-,19-,23?/m0/s1. The number of benzene rings is 1. The smallest absolute Gasteiger partial charge is 0.344 e. The molecule has 1 saturated carbocycles. The molecule has 1 aromatic rings. The van der Waals surface area contributed by atoms with Gasteiger partial charge >= 0.3 is 12.0 Å². The SMILES string of the molecule is CC[C@H](C)[C@H](C(=O)OCC(=O)NN1C(=O)NC2(CCC(C)CC2)C1=O)c1ccccc1. The van der Waals surface area contributed by atoms with Gasteiger partial charge in [0.2, 0.25) is 0 Å². The lowest BCUT2D eigenvalue weighted by molar-refractivity contribution is -0.153. The van der Waals surface area contributed by atoms with Crippen molar-refractivity contribution in [3.8, 4) is 0 Å². The van der Waals surface area contributed by atoms with E-state index in [0.717, 1.165) is 29.8 Å². The van der Waals surface area contributed by atoms with Crippen molar-refractivity contribution < 1.29 is 23.9 Å². The van der Waals surface area contributed by atoms with E-state index in [-0.39, 0.29) is 5.92 Å². The topological polar surface area (TPSA) is 105 Å². The van der Waals surface area contributed by atoms with Crippen LogP contribution in [0.5, 0.6) is 0 Å². The number of esters is 1. The summed E-state index contributed by atoms with van der Waals surface area (Å²) in [5.74, 6) is -1.66. The number of urea groups is 1. The average molecular weight is 430 g/mol. The predicted molar refractivity (Wildman–Crippen MR) is 113 cm³/mol. The normalized spacial score (nSPS) is 25.1. The summed E-state index contributed by atoms with van der Waals surface area (Å²) in [4.78, 5) is 50.2. The fraction of sp³-hybridized carbons (Fsp3) is 0.565. The van der Waals surface area contributed by atoms with Crippen LogP contribution in [0.2, 0.25) is 0 Å². The molecular formula is C23H31N3O5. The number of hydrogen-bond acceptors (Lipinski definition) is 5. The third-order valence-corrected chi connectivity index (χ3v) is 6.50. The third kappa shape index (κ3) is 4.89. The number of imide groups is 1.